The molecule has 2 aliphatic rings. The molecule has 134 valence electrons. The molecule has 0 saturated heterocycles. The molecule has 1 aliphatic heterocycles. The van der Waals surface area contributed by atoms with E-state index in [1.807, 2.05) is 13.0 Å². The van der Waals surface area contributed by atoms with Gasteiger partial charge in [0, 0.05) is 17.5 Å². The van der Waals surface area contributed by atoms with Crippen molar-refractivity contribution in [2.45, 2.75) is 32.8 Å². The van der Waals surface area contributed by atoms with Crippen molar-refractivity contribution in [3.05, 3.63) is 33.9 Å². The van der Waals surface area contributed by atoms with Crippen LogP contribution in [0.15, 0.2) is 11.6 Å². The maximum absolute atomic E-state index is 11.9. The molecule has 1 N–H and O–H groups in total. The van der Waals surface area contributed by atoms with Gasteiger partial charge in [0.2, 0.25) is 0 Å². The van der Waals surface area contributed by atoms with Gasteiger partial charge < -0.3 is 19.3 Å². The lowest BCUT2D eigenvalue weighted by atomic mass is 9.92. The average molecular weight is 364 g/mol. The largest absolute Gasteiger partial charge is 0.507 e. The molecule has 1 unspecified atom stereocenters. The second-order valence-corrected chi connectivity index (χ2v) is 6.44. The van der Waals surface area contributed by atoms with E-state index < -0.39 is 5.97 Å². The second-order valence-electron chi connectivity index (χ2n) is 6.18. The molecule has 6 nitrogen and oxygen atoms in total. The van der Waals surface area contributed by atoms with Crippen LogP contribution < -0.4 is 4.74 Å². The van der Waals surface area contributed by atoms with Crippen molar-refractivity contribution in [3.63, 3.8) is 0 Å². The molecular weight excluding hydrogens is 344 g/mol. The first kappa shape index (κ1) is 17.7. The number of rotatable bonds is 5. The number of allylic oxidation sites excluding steroid dienone is 2. The number of phenolic OH excluding ortho intramolecular Hbond substituents is 1. The van der Waals surface area contributed by atoms with E-state index in [2.05, 4.69) is 12.6 Å². The zero-order valence-corrected chi connectivity index (χ0v) is 15.0. The smallest absolute Gasteiger partial charge is 0.342 e. The van der Waals surface area contributed by atoms with Gasteiger partial charge in [-0.15, -0.1) is 12.6 Å². The Balaban J connectivity index is 1.89. The minimum absolute atomic E-state index is 0.0609. The molecule has 7 heteroatoms. The fourth-order valence-corrected chi connectivity index (χ4v) is 3.65. The number of fused-ring (bicyclic) bond motifs is 1. The van der Waals surface area contributed by atoms with Gasteiger partial charge in [-0.05, 0) is 25.3 Å². The molecule has 0 spiro atoms. The molecule has 0 radical (unpaired) electrons. The van der Waals surface area contributed by atoms with Gasteiger partial charge in [-0.2, -0.15) is 0 Å². The zero-order valence-electron chi connectivity index (χ0n) is 14.1. The number of ether oxygens (including phenoxy) is 3. The van der Waals surface area contributed by atoms with Crippen molar-refractivity contribution < 1.29 is 28.9 Å². The number of cyclic esters (lactones) is 1. The standard InChI is InChI=1S/C18H20O6S/c1-9-13-7-23-18(21)14(13)15(19)12(16(9)22-2)6-10-3-4-11(5-10)17(20)24-8-25/h3,11,19,25H,4-8H2,1-2H3. The second kappa shape index (κ2) is 7.00. The minimum atomic E-state index is -0.518. The minimum Gasteiger partial charge on any atom is -0.507 e. The van der Waals surface area contributed by atoms with Crippen LogP contribution in [0, 0.1) is 12.8 Å². The SMILES string of the molecule is COc1c(C)c2c(c(O)c1CC1=CCC(C(=O)OCS)C1)C(=O)OC2. The Kier molecular flexibility index (Phi) is 4.94. The van der Waals surface area contributed by atoms with Crippen molar-refractivity contribution in [1.82, 2.24) is 0 Å². The lowest BCUT2D eigenvalue weighted by Crippen LogP contribution is -2.14. The van der Waals surface area contributed by atoms with Crippen molar-refractivity contribution >= 4 is 24.6 Å². The van der Waals surface area contributed by atoms with E-state index in [0.717, 1.165) is 11.1 Å². The highest BCUT2D eigenvalue weighted by Crippen LogP contribution is 2.43. The van der Waals surface area contributed by atoms with Gasteiger partial charge in [0.05, 0.1) is 13.0 Å². The molecule has 0 saturated carbocycles. The van der Waals surface area contributed by atoms with Gasteiger partial charge in [0.15, 0.2) is 0 Å². The van der Waals surface area contributed by atoms with Crippen LogP contribution in [-0.4, -0.2) is 30.1 Å². The predicted molar refractivity (Wildman–Crippen MR) is 93.0 cm³/mol. The number of phenols is 1. The molecule has 1 heterocycles. The number of benzene rings is 1. The van der Waals surface area contributed by atoms with Crippen LogP contribution in [0.5, 0.6) is 11.5 Å². The number of methoxy groups -OCH3 is 1. The predicted octanol–water partition coefficient (Wildman–Crippen LogP) is 2.69. The lowest BCUT2D eigenvalue weighted by Gasteiger charge is -2.17. The maximum atomic E-state index is 11.9. The molecule has 0 aromatic heterocycles. The first-order valence-electron chi connectivity index (χ1n) is 8.01. The van der Waals surface area contributed by atoms with Crippen molar-refractivity contribution in [1.29, 1.82) is 0 Å². The molecule has 1 aliphatic carbocycles. The molecule has 0 bridgehead atoms. The van der Waals surface area contributed by atoms with E-state index in [1.165, 1.54) is 7.11 Å². The fraction of sp³-hybridized carbons (Fsp3) is 0.444. The third-order valence-corrected chi connectivity index (χ3v) is 4.92. The van der Waals surface area contributed by atoms with Crippen LogP contribution in [0.25, 0.3) is 0 Å². The Morgan fingerprint density at radius 1 is 1.48 bits per heavy atom. The molecule has 25 heavy (non-hydrogen) atoms. The highest BCUT2D eigenvalue weighted by Gasteiger charge is 2.33. The van der Waals surface area contributed by atoms with E-state index in [0.29, 0.717) is 36.1 Å². The maximum Gasteiger partial charge on any atom is 0.342 e. The summed E-state index contributed by atoms with van der Waals surface area (Å²) < 4.78 is 15.5. The summed E-state index contributed by atoms with van der Waals surface area (Å²) in [7, 11) is 1.53. The Morgan fingerprint density at radius 2 is 2.24 bits per heavy atom. The van der Waals surface area contributed by atoms with Crippen LogP contribution in [0.1, 0.15) is 39.9 Å². The molecule has 1 aromatic carbocycles. The Hall–Kier alpha value is -2.15. The third kappa shape index (κ3) is 3.08. The molecule has 1 aromatic rings. The molecular formula is C18H20O6S. The number of carbonyl (C=O) groups is 2. The number of hydrogen-bond acceptors (Lipinski definition) is 7. The summed E-state index contributed by atoms with van der Waals surface area (Å²) >= 11 is 3.90. The van der Waals surface area contributed by atoms with E-state index in [9.17, 15) is 14.7 Å². The van der Waals surface area contributed by atoms with Crippen LogP contribution in [-0.2, 0) is 27.3 Å². The van der Waals surface area contributed by atoms with Gasteiger partial charge >= 0.3 is 11.9 Å². The van der Waals surface area contributed by atoms with E-state index >= 15 is 0 Å². The van der Waals surface area contributed by atoms with Gasteiger partial charge in [-0.3, -0.25) is 4.79 Å². The Labute approximate surface area is 151 Å². The van der Waals surface area contributed by atoms with Crippen molar-refractivity contribution in [2.75, 3.05) is 13.0 Å². The monoisotopic (exact) mass is 364 g/mol. The summed E-state index contributed by atoms with van der Waals surface area (Å²) in [6.07, 6.45) is 3.53. The van der Waals surface area contributed by atoms with Gasteiger partial charge in [-0.25, -0.2) is 4.79 Å². The third-order valence-electron chi connectivity index (χ3n) is 4.79. The Morgan fingerprint density at radius 3 is 2.92 bits per heavy atom. The number of hydrogen-bond donors (Lipinski definition) is 2. The van der Waals surface area contributed by atoms with Crippen LogP contribution in [0.4, 0.5) is 0 Å². The number of carbonyl (C=O) groups excluding carboxylic acids is 2. The zero-order chi connectivity index (χ0) is 18.1. The summed E-state index contributed by atoms with van der Waals surface area (Å²) in [6.45, 7) is 1.99. The lowest BCUT2D eigenvalue weighted by molar-refractivity contribution is -0.145. The van der Waals surface area contributed by atoms with Crippen LogP contribution >= 0.6 is 12.6 Å². The molecule has 0 amide bonds. The first-order chi connectivity index (χ1) is 12.0. The van der Waals surface area contributed by atoms with E-state index in [1.54, 1.807) is 0 Å². The Bertz CT molecular complexity index is 768. The first-order valence-corrected chi connectivity index (χ1v) is 8.64. The average Bonchev–Trinajstić information content (AvgIpc) is 3.20. The van der Waals surface area contributed by atoms with Crippen molar-refractivity contribution in [2.24, 2.45) is 5.92 Å². The highest BCUT2D eigenvalue weighted by atomic mass is 32.1. The van der Waals surface area contributed by atoms with Gasteiger partial charge in [0.1, 0.15) is 29.6 Å². The number of aromatic hydroxyl groups is 1. The van der Waals surface area contributed by atoms with Crippen LogP contribution in [0.3, 0.4) is 0 Å². The quantitative estimate of drug-likeness (QED) is 0.362. The van der Waals surface area contributed by atoms with E-state index in [4.69, 9.17) is 14.2 Å². The van der Waals surface area contributed by atoms with E-state index in [-0.39, 0.29) is 35.7 Å². The molecule has 1 atom stereocenters. The number of thiol groups is 1. The summed E-state index contributed by atoms with van der Waals surface area (Å²) in [4.78, 5) is 23.8. The van der Waals surface area contributed by atoms with Gasteiger partial charge in [0.25, 0.3) is 0 Å². The van der Waals surface area contributed by atoms with Crippen molar-refractivity contribution in [3.8, 4) is 11.5 Å². The summed E-state index contributed by atoms with van der Waals surface area (Å²) in [5, 5.41) is 10.6. The van der Waals surface area contributed by atoms with Gasteiger partial charge in [-0.1, -0.05) is 11.6 Å². The topological polar surface area (TPSA) is 82.1 Å². The highest BCUT2D eigenvalue weighted by molar-refractivity contribution is 7.80. The fourth-order valence-electron chi connectivity index (χ4n) is 3.53. The summed E-state index contributed by atoms with van der Waals surface area (Å²) in [5.74, 6) is -0.498. The van der Waals surface area contributed by atoms with Crippen LogP contribution in [0.2, 0.25) is 0 Å². The summed E-state index contributed by atoms with van der Waals surface area (Å²) in [6, 6.07) is 0. The normalized spacial score (nSPS) is 18.6. The summed E-state index contributed by atoms with van der Waals surface area (Å²) in [5.41, 5.74) is 3.23. The molecule has 3 rings (SSSR count). The number of esters is 2. The molecule has 0 fully saturated rings.